The zero-order valence-corrected chi connectivity index (χ0v) is 25.1. The predicted octanol–water partition coefficient (Wildman–Crippen LogP) is 4.65. The maximum Gasteiger partial charge on any atom is 0.249 e. The van der Waals surface area contributed by atoms with Crippen molar-refractivity contribution in [2.45, 2.75) is 60.9 Å². The third-order valence-electron chi connectivity index (χ3n) is 9.45. The Balaban J connectivity index is 1.37. The molecule has 5 atom stereocenters. The number of anilines is 1. The quantitative estimate of drug-likeness (QED) is 0.308. The van der Waals surface area contributed by atoms with E-state index in [2.05, 4.69) is 21.4 Å². The summed E-state index contributed by atoms with van der Waals surface area (Å²) in [5.74, 6) is -2.73. The number of hydrogen-bond donors (Lipinski definition) is 4. The van der Waals surface area contributed by atoms with Crippen molar-refractivity contribution in [3.05, 3.63) is 63.4 Å². The fourth-order valence-electron chi connectivity index (χ4n) is 7.56. The Morgan fingerprint density at radius 2 is 1.82 bits per heavy atom. The zero-order chi connectivity index (χ0) is 31.3. The molecule has 44 heavy (non-hydrogen) atoms. The molecule has 0 radical (unpaired) electrons. The van der Waals surface area contributed by atoms with Gasteiger partial charge in [-0.1, -0.05) is 41.4 Å². The van der Waals surface area contributed by atoms with Gasteiger partial charge in [0, 0.05) is 28.5 Å². The van der Waals surface area contributed by atoms with Gasteiger partial charge < -0.3 is 15.4 Å². The number of alkyl halides is 3. The second-order valence-electron chi connectivity index (χ2n) is 12.2. The molecule has 2 aromatic rings. The molecule has 14 heteroatoms. The van der Waals surface area contributed by atoms with Crippen molar-refractivity contribution in [1.82, 2.24) is 16.0 Å². The number of nitrogens with one attached hydrogen (secondary N) is 4. The van der Waals surface area contributed by atoms with Crippen molar-refractivity contribution in [2.24, 2.45) is 5.41 Å². The summed E-state index contributed by atoms with van der Waals surface area (Å²) in [5, 5.41) is 9.00. The number of rotatable bonds is 8. The molecule has 4 N–H and O–H groups in total. The van der Waals surface area contributed by atoms with Gasteiger partial charge in [0.15, 0.2) is 0 Å². The standard InChI is InChI=1S/C30H32Cl2F4N4O4/c31-16-4-6-19-21(10-16)40-44-30(19)23(18-2-1-3-20(32)24(18)36)25(39-29(30)12-28(13-29,14-34)15-35)27(42)38-17-5-7-22(43-11-17)26(41)37-9-8-33/h1-4,6,10,17,22-23,25,39-40H,5,7-9,11-15H2,(H,37,41)(H,38,42)/t17-,22+,23+,25-,30+/m1/s1. The normalized spacial score (nSPS) is 29.6. The summed E-state index contributed by atoms with van der Waals surface area (Å²) in [6, 6.07) is 7.84. The lowest BCUT2D eigenvalue weighted by molar-refractivity contribution is -0.152. The molecule has 3 heterocycles. The summed E-state index contributed by atoms with van der Waals surface area (Å²) < 4.78 is 62.5. The van der Waals surface area contributed by atoms with Crippen molar-refractivity contribution in [1.29, 1.82) is 0 Å². The molecular formula is C30H32Cl2F4N4O4. The van der Waals surface area contributed by atoms with Crippen LogP contribution in [0.4, 0.5) is 23.2 Å². The molecular weight excluding hydrogens is 627 g/mol. The van der Waals surface area contributed by atoms with Crippen LogP contribution >= 0.6 is 23.2 Å². The Hall–Kier alpha value is -2.64. The summed E-state index contributed by atoms with van der Waals surface area (Å²) in [6.45, 7) is -2.63. The number of ether oxygens (including phenoxy) is 1. The molecule has 238 valence electrons. The molecule has 4 aliphatic rings. The van der Waals surface area contributed by atoms with Gasteiger partial charge in [0.1, 0.15) is 24.2 Å². The topological polar surface area (TPSA) is 101 Å². The average molecular weight is 660 g/mol. The first kappa shape index (κ1) is 31.3. The molecule has 1 aliphatic carbocycles. The molecule has 2 spiro atoms. The second kappa shape index (κ2) is 11.9. The van der Waals surface area contributed by atoms with Crippen LogP contribution in [-0.2, 0) is 24.8 Å². The number of benzene rings is 2. The van der Waals surface area contributed by atoms with Crippen LogP contribution in [0.1, 0.15) is 42.7 Å². The van der Waals surface area contributed by atoms with Crippen LogP contribution in [0.3, 0.4) is 0 Å². The van der Waals surface area contributed by atoms with Crippen LogP contribution in [-0.4, -0.2) is 68.7 Å². The molecule has 1 saturated carbocycles. The van der Waals surface area contributed by atoms with Gasteiger partial charge in [-0.2, -0.15) is 0 Å². The minimum atomic E-state index is -1.49. The Morgan fingerprint density at radius 3 is 2.50 bits per heavy atom. The first-order valence-corrected chi connectivity index (χ1v) is 15.2. The van der Waals surface area contributed by atoms with Gasteiger partial charge in [0.2, 0.25) is 11.8 Å². The molecule has 3 fully saturated rings. The van der Waals surface area contributed by atoms with Crippen LogP contribution in [0.5, 0.6) is 0 Å². The minimum absolute atomic E-state index is 0.0187. The first-order chi connectivity index (χ1) is 21.1. The molecule has 0 bridgehead atoms. The predicted molar refractivity (Wildman–Crippen MR) is 155 cm³/mol. The van der Waals surface area contributed by atoms with Crippen molar-refractivity contribution < 1.29 is 36.7 Å². The molecule has 8 nitrogen and oxygen atoms in total. The van der Waals surface area contributed by atoms with Crippen LogP contribution in [0.25, 0.3) is 0 Å². The van der Waals surface area contributed by atoms with Crippen LogP contribution in [0.2, 0.25) is 10.0 Å². The highest BCUT2D eigenvalue weighted by Gasteiger charge is 2.76. The molecule has 6 rings (SSSR count). The van der Waals surface area contributed by atoms with Crippen molar-refractivity contribution in [3.8, 4) is 0 Å². The van der Waals surface area contributed by atoms with Gasteiger partial charge in [-0.25, -0.2) is 8.78 Å². The lowest BCUT2D eigenvalue weighted by atomic mass is 9.50. The van der Waals surface area contributed by atoms with Crippen LogP contribution in [0, 0.1) is 11.2 Å². The number of carbonyl (C=O) groups is 2. The number of halogens is 6. The number of carbonyl (C=O) groups excluding carboxylic acids is 2. The summed E-state index contributed by atoms with van der Waals surface area (Å²) in [6.07, 6.45) is -0.142. The van der Waals surface area contributed by atoms with Crippen LogP contribution in [0.15, 0.2) is 36.4 Å². The van der Waals surface area contributed by atoms with Gasteiger partial charge in [-0.3, -0.25) is 34.0 Å². The summed E-state index contributed by atoms with van der Waals surface area (Å²) in [7, 11) is 0. The molecule has 3 aliphatic heterocycles. The Morgan fingerprint density at radius 1 is 1.05 bits per heavy atom. The van der Waals surface area contributed by atoms with E-state index in [9.17, 15) is 22.8 Å². The largest absolute Gasteiger partial charge is 0.366 e. The van der Waals surface area contributed by atoms with Gasteiger partial charge in [-0.15, -0.1) is 0 Å². The number of fused-ring (bicyclic) bond motifs is 3. The molecule has 2 aromatic carbocycles. The second-order valence-corrected chi connectivity index (χ2v) is 13.0. The number of hydrogen-bond acceptors (Lipinski definition) is 6. The smallest absolute Gasteiger partial charge is 0.249 e. The average Bonchev–Trinajstić information content (AvgIpc) is 3.52. The van der Waals surface area contributed by atoms with Gasteiger partial charge in [0.05, 0.1) is 48.3 Å². The maximum atomic E-state index is 15.9. The van der Waals surface area contributed by atoms with Gasteiger partial charge >= 0.3 is 0 Å². The van der Waals surface area contributed by atoms with Crippen molar-refractivity contribution in [2.75, 3.05) is 38.7 Å². The van der Waals surface area contributed by atoms with Gasteiger partial charge in [-0.05, 0) is 49.4 Å². The van der Waals surface area contributed by atoms with Crippen LogP contribution < -0.4 is 21.4 Å². The summed E-state index contributed by atoms with van der Waals surface area (Å²) in [5.41, 5.74) is 0.0604. The lowest BCUT2D eigenvalue weighted by Gasteiger charge is -2.58. The van der Waals surface area contributed by atoms with Gasteiger partial charge in [0.25, 0.3) is 0 Å². The van der Waals surface area contributed by atoms with E-state index in [0.717, 1.165) is 0 Å². The summed E-state index contributed by atoms with van der Waals surface area (Å²) >= 11 is 12.5. The highest BCUT2D eigenvalue weighted by atomic mass is 35.5. The van der Waals surface area contributed by atoms with E-state index < -0.39 is 78.3 Å². The molecule has 2 saturated heterocycles. The lowest BCUT2D eigenvalue weighted by Crippen LogP contribution is -2.69. The molecule has 2 amide bonds. The first-order valence-electron chi connectivity index (χ1n) is 14.5. The van der Waals surface area contributed by atoms with E-state index in [1.54, 1.807) is 24.3 Å². The fraction of sp³-hybridized carbons (Fsp3) is 0.533. The molecule has 0 aromatic heterocycles. The fourth-order valence-corrected chi connectivity index (χ4v) is 7.92. The monoisotopic (exact) mass is 658 g/mol. The number of amides is 2. The van der Waals surface area contributed by atoms with E-state index in [-0.39, 0.29) is 43.0 Å². The SMILES string of the molecule is O=C(NCCF)[C@@H]1CC[C@@H](NC(=O)[C@@H]2NC3(CC(CF)(CF)C3)[C@@]3(ONc4cc(Cl)ccc43)[C@H]2c2cccc(Cl)c2F)CO1. The van der Waals surface area contributed by atoms with Crippen molar-refractivity contribution in [3.63, 3.8) is 0 Å². The highest BCUT2D eigenvalue weighted by molar-refractivity contribution is 6.31. The van der Waals surface area contributed by atoms with E-state index in [0.29, 0.717) is 22.7 Å². The van der Waals surface area contributed by atoms with Crippen molar-refractivity contribution >= 4 is 40.7 Å². The maximum absolute atomic E-state index is 15.9. The van der Waals surface area contributed by atoms with E-state index >= 15 is 4.39 Å². The molecule has 0 unspecified atom stereocenters. The van der Waals surface area contributed by atoms with E-state index in [1.807, 2.05) is 0 Å². The minimum Gasteiger partial charge on any atom is -0.366 e. The summed E-state index contributed by atoms with van der Waals surface area (Å²) in [4.78, 5) is 32.7. The zero-order valence-electron chi connectivity index (χ0n) is 23.5. The Kier molecular flexibility index (Phi) is 8.51. The third kappa shape index (κ3) is 4.93. The third-order valence-corrected chi connectivity index (χ3v) is 9.97. The Labute approximate surface area is 261 Å². The van der Waals surface area contributed by atoms with E-state index in [1.165, 1.54) is 12.1 Å². The Bertz CT molecular complexity index is 1430. The highest BCUT2D eigenvalue weighted by Crippen LogP contribution is 2.68. The van der Waals surface area contributed by atoms with E-state index in [4.69, 9.17) is 32.8 Å².